The van der Waals surface area contributed by atoms with E-state index in [9.17, 15) is 51.8 Å². The maximum absolute atomic E-state index is 9.75. The van der Waals surface area contributed by atoms with Gasteiger partial charge in [-0.15, -0.1) is 0 Å². The van der Waals surface area contributed by atoms with Gasteiger partial charge >= 0.3 is 73.1 Å². The summed E-state index contributed by atoms with van der Waals surface area (Å²) in [6.07, 6.45) is 5.95. The average molecular weight is 385 g/mol. The molecule has 22 heavy (non-hydrogen) atoms. The molecule has 134 valence electrons. The van der Waals surface area contributed by atoms with Gasteiger partial charge in [0.1, 0.15) is 0 Å². The minimum atomic E-state index is -6.00. The van der Waals surface area contributed by atoms with Crippen molar-refractivity contribution in [1.82, 2.24) is 0 Å². The third-order valence-corrected chi connectivity index (χ3v) is 1.64. The summed E-state index contributed by atoms with van der Waals surface area (Å²) < 4.78 is 117. The standard InChI is InChI=1S/C6H12.3BF4.K.H/c1-6-4-2-3-5-6;3*2-1(3,4)5;;/h6H,2-5H2,1H3;;;;;/q;3*-1;+1;-1. The second-order valence-electron chi connectivity index (χ2n) is 3.87. The van der Waals surface area contributed by atoms with Crippen LogP contribution in [-0.2, 0) is 0 Å². The summed E-state index contributed by atoms with van der Waals surface area (Å²) in [5, 5.41) is 0. The molecule has 0 aliphatic heterocycles. The van der Waals surface area contributed by atoms with Crippen molar-refractivity contribution in [2.75, 3.05) is 0 Å². The van der Waals surface area contributed by atoms with Crippen molar-refractivity contribution < 1.29 is 105 Å². The number of rotatable bonds is 0. The Morgan fingerprint density at radius 1 is 0.591 bits per heavy atom. The van der Waals surface area contributed by atoms with Crippen LogP contribution >= 0.6 is 0 Å². The average Bonchev–Trinajstić information content (AvgIpc) is 2.44. The molecule has 1 aliphatic rings. The molecule has 1 fully saturated rings. The van der Waals surface area contributed by atoms with Gasteiger partial charge in [0.25, 0.3) is 0 Å². The maximum Gasteiger partial charge on any atom is 1.00 e. The van der Waals surface area contributed by atoms with Crippen molar-refractivity contribution in [3.05, 3.63) is 0 Å². The van der Waals surface area contributed by atoms with E-state index < -0.39 is 21.8 Å². The summed E-state index contributed by atoms with van der Waals surface area (Å²) in [6.45, 7) is 2.34. The van der Waals surface area contributed by atoms with Crippen molar-refractivity contribution in [2.24, 2.45) is 5.92 Å². The normalized spacial score (nSPS) is 15.1. The summed E-state index contributed by atoms with van der Waals surface area (Å²) in [7, 11) is -18.0. The molecule has 16 heteroatoms. The topological polar surface area (TPSA) is 0 Å². The van der Waals surface area contributed by atoms with Crippen molar-refractivity contribution >= 4 is 21.8 Å². The van der Waals surface area contributed by atoms with Crippen LogP contribution in [0.2, 0.25) is 0 Å². The minimum Gasteiger partial charge on any atom is -1.00 e. The molecule has 0 unspecified atom stereocenters. The fraction of sp³-hybridized carbons (Fsp3) is 1.00. The van der Waals surface area contributed by atoms with Gasteiger partial charge in [-0.05, 0) is 5.92 Å². The molecule has 0 atom stereocenters. The molecule has 0 N–H and O–H groups in total. The zero-order valence-electron chi connectivity index (χ0n) is 12.7. The fourth-order valence-electron chi connectivity index (χ4n) is 1.13. The van der Waals surface area contributed by atoms with E-state index in [1.807, 2.05) is 0 Å². The third-order valence-electron chi connectivity index (χ3n) is 1.64. The van der Waals surface area contributed by atoms with Gasteiger partial charge in [0.15, 0.2) is 0 Å². The Balaban J connectivity index is -0.0000000612. The van der Waals surface area contributed by atoms with Crippen LogP contribution in [0.3, 0.4) is 0 Å². The Kier molecular flexibility index (Phi) is 20.1. The Labute approximate surface area is 164 Å². The van der Waals surface area contributed by atoms with E-state index >= 15 is 0 Å². The zero-order valence-corrected chi connectivity index (χ0v) is 14.8. The van der Waals surface area contributed by atoms with Crippen LogP contribution in [0, 0.1) is 5.92 Å². The van der Waals surface area contributed by atoms with Gasteiger partial charge in [0.2, 0.25) is 0 Å². The van der Waals surface area contributed by atoms with Gasteiger partial charge in [-0.2, -0.15) is 0 Å². The van der Waals surface area contributed by atoms with E-state index in [0.29, 0.717) is 0 Å². The number of hydrogen-bond acceptors (Lipinski definition) is 0. The van der Waals surface area contributed by atoms with E-state index in [2.05, 4.69) is 6.92 Å². The third kappa shape index (κ3) is 131. The molecular formula is C6H13B3F12K-3. The van der Waals surface area contributed by atoms with E-state index in [1.54, 1.807) is 0 Å². The Morgan fingerprint density at radius 2 is 0.727 bits per heavy atom. The molecule has 0 saturated heterocycles. The first-order chi connectivity index (χ1) is 8.89. The molecule has 0 spiro atoms. The molecule has 1 rings (SSSR count). The molecule has 1 aliphatic carbocycles. The van der Waals surface area contributed by atoms with E-state index in [1.165, 1.54) is 25.7 Å². The second-order valence-corrected chi connectivity index (χ2v) is 3.87. The molecule has 0 bridgehead atoms. The maximum atomic E-state index is 9.75. The van der Waals surface area contributed by atoms with Crippen LogP contribution in [0.4, 0.5) is 51.8 Å². The largest absolute Gasteiger partial charge is 1.00 e. The zero-order chi connectivity index (χ0) is 17.9. The summed E-state index contributed by atoms with van der Waals surface area (Å²) in [5.74, 6) is 1.05. The first kappa shape index (κ1) is 30.8. The Hall–Kier alpha value is 0.991. The molecular weight excluding hydrogens is 372 g/mol. The van der Waals surface area contributed by atoms with Gasteiger partial charge in [-0.3, -0.25) is 0 Å². The van der Waals surface area contributed by atoms with Crippen LogP contribution in [0.25, 0.3) is 0 Å². The summed E-state index contributed by atoms with van der Waals surface area (Å²) >= 11 is 0. The SMILES string of the molecule is CC1CCCC1.F[B-](F)(F)F.F[B-](F)(F)F.F[B-](F)(F)F.[H-].[K+]. The summed E-state index contributed by atoms with van der Waals surface area (Å²) in [5.41, 5.74) is 0. The molecule has 0 radical (unpaired) electrons. The number of hydrogen-bond donors (Lipinski definition) is 0. The molecule has 0 aromatic rings. The van der Waals surface area contributed by atoms with Crippen molar-refractivity contribution in [1.29, 1.82) is 0 Å². The van der Waals surface area contributed by atoms with Gasteiger partial charge in [0, 0.05) is 0 Å². The van der Waals surface area contributed by atoms with E-state index in [4.69, 9.17) is 0 Å². The quantitative estimate of drug-likeness (QED) is 0.444. The van der Waals surface area contributed by atoms with Crippen molar-refractivity contribution in [3.8, 4) is 0 Å². The molecule has 0 amide bonds. The first-order valence-electron chi connectivity index (χ1n) is 5.51. The van der Waals surface area contributed by atoms with E-state index in [0.717, 1.165) is 5.92 Å². The van der Waals surface area contributed by atoms with Crippen LogP contribution in [-0.4, -0.2) is 21.8 Å². The second kappa shape index (κ2) is 14.3. The van der Waals surface area contributed by atoms with Crippen LogP contribution in [0.5, 0.6) is 0 Å². The molecule has 0 heterocycles. The Bertz CT molecular complexity index is 192. The van der Waals surface area contributed by atoms with Crippen LogP contribution in [0.15, 0.2) is 0 Å². The van der Waals surface area contributed by atoms with Crippen molar-refractivity contribution in [3.63, 3.8) is 0 Å². The monoisotopic (exact) mass is 385 g/mol. The smallest absolute Gasteiger partial charge is 1.00 e. The van der Waals surface area contributed by atoms with Gasteiger partial charge in [-0.25, -0.2) is 0 Å². The molecule has 0 aromatic carbocycles. The molecule has 1 saturated carbocycles. The number of halogens is 12. The molecule has 0 nitrogen and oxygen atoms in total. The fourth-order valence-corrected chi connectivity index (χ4v) is 1.13. The van der Waals surface area contributed by atoms with Crippen LogP contribution in [0.1, 0.15) is 34.0 Å². The Morgan fingerprint density at radius 3 is 0.773 bits per heavy atom. The predicted octanol–water partition coefficient (Wildman–Crippen LogP) is 3.21. The summed E-state index contributed by atoms with van der Waals surface area (Å²) in [4.78, 5) is 0. The predicted molar refractivity (Wildman–Crippen MR) is 59.3 cm³/mol. The van der Waals surface area contributed by atoms with Crippen molar-refractivity contribution in [2.45, 2.75) is 32.6 Å². The van der Waals surface area contributed by atoms with Gasteiger partial charge in [-0.1, -0.05) is 32.6 Å². The van der Waals surface area contributed by atoms with Gasteiger partial charge in [0.05, 0.1) is 0 Å². The summed E-state index contributed by atoms with van der Waals surface area (Å²) in [6, 6.07) is 0. The van der Waals surface area contributed by atoms with Gasteiger partial charge < -0.3 is 53.2 Å². The molecule has 0 aromatic heterocycles. The van der Waals surface area contributed by atoms with Crippen LogP contribution < -0.4 is 51.4 Å². The first-order valence-corrected chi connectivity index (χ1v) is 5.51. The minimum absolute atomic E-state index is 0. The van der Waals surface area contributed by atoms with E-state index in [-0.39, 0.29) is 52.8 Å².